The minimum absolute atomic E-state index is 0.155. The first-order valence-electron chi connectivity index (χ1n) is 13.5. The highest BCUT2D eigenvalue weighted by Gasteiger charge is 2.48. The van der Waals surface area contributed by atoms with E-state index in [-0.39, 0.29) is 42.1 Å². The second kappa shape index (κ2) is 12.8. The molecule has 0 aliphatic heterocycles. The Labute approximate surface area is 252 Å². The molecule has 0 unspecified atom stereocenters. The number of aromatic nitrogens is 2. The molecule has 3 rings (SSSR count). The lowest BCUT2D eigenvalue weighted by molar-refractivity contribution is -0.242. The topological polar surface area (TPSA) is 99.7 Å². The molecule has 0 bridgehead atoms. The second-order valence-electron chi connectivity index (χ2n) is 11.3. The number of urea groups is 1. The van der Waals surface area contributed by atoms with Crippen LogP contribution in [0.25, 0.3) is 0 Å². The summed E-state index contributed by atoms with van der Waals surface area (Å²) in [6.07, 6.45) is -13.2. The van der Waals surface area contributed by atoms with Crippen molar-refractivity contribution in [1.29, 1.82) is 0 Å². The van der Waals surface area contributed by atoms with Gasteiger partial charge in [0.15, 0.2) is 0 Å². The molecule has 1 aromatic carbocycles. The van der Waals surface area contributed by atoms with Gasteiger partial charge in [0.05, 0.1) is 11.1 Å². The van der Waals surface area contributed by atoms with Crippen LogP contribution in [0.4, 0.5) is 56.1 Å². The van der Waals surface area contributed by atoms with Gasteiger partial charge < -0.3 is 20.4 Å². The van der Waals surface area contributed by atoms with E-state index in [1.54, 1.807) is 11.1 Å². The van der Waals surface area contributed by atoms with Gasteiger partial charge in [-0.15, -0.1) is 5.06 Å². The van der Waals surface area contributed by atoms with Gasteiger partial charge in [-0.1, -0.05) is 0 Å². The van der Waals surface area contributed by atoms with Crippen LogP contribution in [0.5, 0.6) is 0 Å². The maximum atomic E-state index is 13.5. The van der Waals surface area contributed by atoms with Crippen molar-refractivity contribution in [2.45, 2.75) is 82.6 Å². The quantitative estimate of drug-likeness (QED) is 0.267. The van der Waals surface area contributed by atoms with Crippen LogP contribution in [0.1, 0.15) is 61.8 Å². The number of amides is 2. The molecule has 2 amide bonds. The highest BCUT2D eigenvalue weighted by Crippen LogP contribution is 2.40. The van der Waals surface area contributed by atoms with Crippen molar-refractivity contribution in [2.24, 2.45) is 0 Å². The lowest BCUT2D eigenvalue weighted by Gasteiger charge is -2.38. The van der Waals surface area contributed by atoms with Crippen molar-refractivity contribution in [2.75, 3.05) is 24.3 Å². The molecule has 0 atom stereocenters. The van der Waals surface area contributed by atoms with Gasteiger partial charge in [-0.2, -0.15) is 44.5 Å². The normalized spacial score (nSPS) is 17.8. The fraction of sp³-hybridized carbons (Fsp3) is 0.556. The van der Waals surface area contributed by atoms with Gasteiger partial charge in [-0.25, -0.2) is 14.6 Å². The van der Waals surface area contributed by atoms with Crippen LogP contribution in [-0.2, 0) is 27.5 Å². The van der Waals surface area contributed by atoms with Crippen molar-refractivity contribution >= 4 is 23.8 Å². The molecule has 18 heteroatoms. The molecule has 1 heterocycles. The molecular weight excluding hydrogens is 627 g/mol. The average Bonchev–Trinajstić information content (AvgIpc) is 2.91. The number of hydroxylamine groups is 2. The van der Waals surface area contributed by atoms with Gasteiger partial charge >= 0.3 is 30.5 Å². The maximum Gasteiger partial charge on any atom is 0.493 e. The third-order valence-electron chi connectivity index (χ3n) is 7.15. The molecule has 0 radical (unpaired) electrons. The van der Waals surface area contributed by atoms with E-state index >= 15 is 0 Å². The Morgan fingerprint density at radius 3 is 1.80 bits per heavy atom. The predicted octanol–water partition coefficient (Wildman–Crippen LogP) is 6.58. The first-order valence-corrected chi connectivity index (χ1v) is 13.5. The minimum atomic E-state index is -5.65. The molecule has 1 aliphatic rings. The number of hydrogen-bond acceptors (Lipinski definition) is 7. The molecule has 1 saturated carbocycles. The number of hydrogen-bond donors (Lipinski definition) is 2. The van der Waals surface area contributed by atoms with Gasteiger partial charge in [-0.3, -0.25) is 0 Å². The Hall–Kier alpha value is -3.99. The van der Waals surface area contributed by atoms with Crippen LogP contribution in [0.3, 0.4) is 0 Å². The molecule has 45 heavy (non-hydrogen) atoms. The van der Waals surface area contributed by atoms with Crippen molar-refractivity contribution in [3.63, 3.8) is 0 Å². The third kappa shape index (κ3) is 8.81. The van der Waals surface area contributed by atoms with E-state index in [2.05, 4.69) is 25.4 Å². The van der Waals surface area contributed by atoms with E-state index in [0.717, 1.165) is 19.4 Å². The highest BCUT2D eigenvalue weighted by molar-refractivity contribution is 5.80. The van der Waals surface area contributed by atoms with Crippen LogP contribution in [0.2, 0.25) is 0 Å². The smallest absolute Gasteiger partial charge is 0.362 e. The summed E-state index contributed by atoms with van der Waals surface area (Å²) < 4.78 is 120. The minimum Gasteiger partial charge on any atom is -0.362 e. The number of benzene rings is 1. The van der Waals surface area contributed by atoms with Crippen LogP contribution in [0, 0.1) is 6.92 Å². The summed E-state index contributed by atoms with van der Waals surface area (Å²) >= 11 is 0. The summed E-state index contributed by atoms with van der Waals surface area (Å²) in [6, 6.07) is -2.02. The van der Waals surface area contributed by atoms with Gasteiger partial charge in [0.1, 0.15) is 11.4 Å². The zero-order valence-corrected chi connectivity index (χ0v) is 24.7. The molecule has 1 aromatic heterocycles. The molecule has 250 valence electrons. The Balaban J connectivity index is 1.84. The number of nitrogens with zero attached hydrogens (tertiary/aromatic N) is 4. The monoisotopic (exact) mass is 658 g/mol. The van der Waals surface area contributed by atoms with E-state index < -0.39 is 58.8 Å². The molecule has 1 aliphatic carbocycles. The molecule has 1 fully saturated rings. The van der Waals surface area contributed by atoms with Crippen molar-refractivity contribution < 1.29 is 53.9 Å². The van der Waals surface area contributed by atoms with Crippen molar-refractivity contribution in [3.05, 3.63) is 46.6 Å². The predicted molar refractivity (Wildman–Crippen MR) is 143 cm³/mol. The SMILES string of the molecule is Cc1cnc(NC2CCC(NC(=O)N(OC(=O)C(F)(F)F)C(C)(C)c3cc(C(F)(F)F)cc(C(F)(F)F)c3)CC2)nc1N(C)C. The van der Waals surface area contributed by atoms with Gasteiger partial charge in [0.2, 0.25) is 5.95 Å². The Bertz CT molecular complexity index is 1350. The number of carbonyl (C=O) groups is 2. The first kappa shape index (κ1) is 35.5. The molecule has 2 N–H and O–H groups in total. The number of alkyl halides is 9. The molecule has 2 aromatic rings. The van der Waals surface area contributed by atoms with Gasteiger partial charge in [-0.05, 0) is 70.2 Å². The summed E-state index contributed by atoms with van der Waals surface area (Å²) in [6.45, 7) is 3.53. The largest absolute Gasteiger partial charge is 0.493 e. The molecule has 9 nitrogen and oxygen atoms in total. The van der Waals surface area contributed by atoms with Crippen molar-refractivity contribution in [3.8, 4) is 0 Å². The van der Waals surface area contributed by atoms with E-state index in [4.69, 9.17) is 0 Å². The summed E-state index contributed by atoms with van der Waals surface area (Å²) in [5, 5.41) is 5.37. The average molecular weight is 659 g/mol. The summed E-state index contributed by atoms with van der Waals surface area (Å²) in [4.78, 5) is 39.8. The number of nitrogens with one attached hydrogen (secondary N) is 2. The molecule has 0 saturated heterocycles. The molecule has 0 spiro atoms. The fourth-order valence-electron chi connectivity index (χ4n) is 4.72. The highest BCUT2D eigenvalue weighted by atomic mass is 19.4. The van der Waals surface area contributed by atoms with E-state index in [1.165, 1.54) is 0 Å². The maximum absolute atomic E-state index is 13.5. The van der Waals surface area contributed by atoms with E-state index in [1.807, 2.05) is 21.0 Å². The number of anilines is 2. The van der Waals surface area contributed by atoms with Crippen LogP contribution in [0.15, 0.2) is 24.4 Å². The lowest BCUT2D eigenvalue weighted by Crippen LogP contribution is -2.55. The first-order chi connectivity index (χ1) is 20.5. The Kier molecular flexibility index (Phi) is 10.1. The van der Waals surface area contributed by atoms with Crippen molar-refractivity contribution in [1.82, 2.24) is 20.3 Å². The summed E-state index contributed by atoms with van der Waals surface area (Å²) in [5.41, 5.74) is -6.04. The summed E-state index contributed by atoms with van der Waals surface area (Å²) in [5.74, 6) is -1.87. The number of aryl methyl sites for hydroxylation is 1. The lowest BCUT2D eigenvalue weighted by atomic mass is 9.89. The van der Waals surface area contributed by atoms with Crippen LogP contribution in [-0.4, -0.2) is 59.4 Å². The van der Waals surface area contributed by atoms with Crippen LogP contribution < -0.4 is 15.5 Å². The van der Waals surface area contributed by atoms with Gasteiger partial charge in [0, 0.05) is 37.9 Å². The second-order valence-corrected chi connectivity index (χ2v) is 11.3. The summed E-state index contributed by atoms with van der Waals surface area (Å²) in [7, 11) is 3.62. The van der Waals surface area contributed by atoms with E-state index in [9.17, 15) is 49.1 Å². The van der Waals surface area contributed by atoms with E-state index in [0.29, 0.717) is 24.6 Å². The standard InChI is InChI=1S/C27H31F9N6O3/c1-14-13-37-22(40-20(14)41(4)5)38-18-6-8-19(9-7-18)39-23(44)42(45-21(43)27(34,35)36)24(2,3)15-10-16(25(28,29)30)12-17(11-15)26(31,32)33/h10-13,18-19H,6-9H2,1-5H3,(H,39,44)(H,37,38,40). The number of rotatable bonds is 6. The zero-order chi connectivity index (χ0) is 34.1. The third-order valence-corrected chi connectivity index (χ3v) is 7.15. The van der Waals surface area contributed by atoms with Crippen LogP contribution >= 0.6 is 0 Å². The number of halogens is 9. The fourth-order valence-corrected chi connectivity index (χ4v) is 4.72. The molecular formula is C27H31F9N6O3. The van der Waals surface area contributed by atoms with Gasteiger partial charge in [0.25, 0.3) is 0 Å². The Morgan fingerprint density at radius 2 is 1.33 bits per heavy atom. The zero-order valence-electron chi connectivity index (χ0n) is 24.7. The Morgan fingerprint density at radius 1 is 0.844 bits per heavy atom. The number of carbonyl (C=O) groups excluding carboxylic acids is 2.